The Morgan fingerprint density at radius 1 is 0.316 bits per heavy atom. The fourth-order valence-corrected chi connectivity index (χ4v) is 16.8. The monoisotopic (exact) mass is 987 g/mol. The number of aromatic nitrogens is 5. The lowest BCUT2D eigenvalue weighted by Gasteiger charge is -2.34. The molecular weight excluding hydrogens is 943 g/mol. The van der Waals surface area contributed by atoms with Gasteiger partial charge in [0.25, 0.3) is 0 Å². The highest BCUT2D eigenvalue weighted by Gasteiger charge is 2.41. The van der Waals surface area contributed by atoms with Gasteiger partial charge in [0.15, 0.2) is 19.7 Å². The fraction of sp³-hybridized carbons (Fsp3) is 0. The minimum atomic E-state index is -2.91. The van der Waals surface area contributed by atoms with E-state index in [4.69, 9.17) is 19.4 Å². The smallest absolute Gasteiger partial charge is 0.238 e. The Bertz CT molecular complexity index is 4550. The van der Waals surface area contributed by atoms with Gasteiger partial charge in [0.2, 0.25) is 5.95 Å². The molecule has 0 atom stereocenters. The van der Waals surface area contributed by atoms with Crippen molar-refractivity contribution < 1.29 is 4.42 Å². The van der Waals surface area contributed by atoms with Crippen LogP contribution in [0.4, 0.5) is 0 Å². The maximum absolute atomic E-state index is 6.79. The Hall–Kier alpha value is -9.95. The molecule has 0 spiro atoms. The lowest BCUT2D eigenvalue weighted by molar-refractivity contribution is 0.670. The standard InChI is InChI=1S/C69H45N5OSi/c1-5-22-46(23-6-1)67-70-68(47-24-19-31-52(44-47)76(49-25-7-2-8-26-49,50-27-9-3-10-28-50)51-29-11-4-12-30-51)72-69(71-67)74-63-43-42-48(73-61-39-16-13-32-53(61)54-33-14-17-40-62(54)73)45-60(63)57-36-20-35-56(65(57)74)59-38-21-37-58-55-34-15-18-41-64(55)75-66(58)59/h1-45H. The van der Waals surface area contributed by atoms with Crippen molar-refractivity contribution in [2.75, 3.05) is 0 Å². The summed E-state index contributed by atoms with van der Waals surface area (Å²) in [5, 5.41) is 11.8. The number of para-hydroxylation sites is 5. The molecule has 356 valence electrons. The van der Waals surface area contributed by atoms with Crippen LogP contribution in [0.2, 0.25) is 0 Å². The first-order valence-electron chi connectivity index (χ1n) is 25.8. The molecule has 0 bridgehead atoms. The SMILES string of the molecule is c1ccc(-c2nc(-c3cccc([Si](c4ccccc4)(c4ccccc4)c4ccccc4)c3)nc(-n3c4ccc(-n5c6ccccc6c6ccccc65)cc4c4cccc(-c5cccc6c5oc5ccccc56)c43)n2)cc1. The number of rotatable bonds is 9. The van der Waals surface area contributed by atoms with Crippen molar-refractivity contribution in [3.8, 4) is 45.5 Å². The van der Waals surface area contributed by atoms with Crippen LogP contribution in [0.3, 0.4) is 0 Å². The zero-order chi connectivity index (χ0) is 50.2. The van der Waals surface area contributed by atoms with Crippen molar-refractivity contribution in [2.45, 2.75) is 0 Å². The van der Waals surface area contributed by atoms with Gasteiger partial charge in [0.1, 0.15) is 11.2 Å². The molecule has 0 N–H and O–H groups in total. The topological polar surface area (TPSA) is 61.7 Å². The summed E-state index contributed by atoms with van der Waals surface area (Å²) in [4.78, 5) is 16.5. The second kappa shape index (κ2) is 17.6. The molecule has 15 aromatic rings. The molecule has 4 heterocycles. The van der Waals surface area contributed by atoms with Crippen molar-refractivity contribution in [1.82, 2.24) is 24.1 Å². The van der Waals surface area contributed by atoms with E-state index in [1.807, 2.05) is 30.3 Å². The molecule has 0 saturated heterocycles. The van der Waals surface area contributed by atoms with Crippen LogP contribution in [0.5, 0.6) is 0 Å². The van der Waals surface area contributed by atoms with Crippen LogP contribution in [0, 0.1) is 0 Å². The summed E-state index contributed by atoms with van der Waals surface area (Å²) in [6, 6.07) is 97.9. The van der Waals surface area contributed by atoms with E-state index in [9.17, 15) is 0 Å². The first-order valence-corrected chi connectivity index (χ1v) is 27.8. The van der Waals surface area contributed by atoms with Crippen LogP contribution in [0.25, 0.3) is 111 Å². The first kappa shape index (κ1) is 43.6. The van der Waals surface area contributed by atoms with Gasteiger partial charge in [-0.3, -0.25) is 4.57 Å². The van der Waals surface area contributed by atoms with Gasteiger partial charge in [-0.2, -0.15) is 9.97 Å². The molecule has 7 heteroatoms. The molecule has 0 radical (unpaired) electrons. The molecule has 0 aliphatic rings. The van der Waals surface area contributed by atoms with Crippen LogP contribution in [0.1, 0.15) is 0 Å². The van der Waals surface area contributed by atoms with Gasteiger partial charge in [0.05, 0.1) is 22.1 Å². The van der Waals surface area contributed by atoms with Gasteiger partial charge < -0.3 is 8.98 Å². The molecule has 0 amide bonds. The van der Waals surface area contributed by atoms with E-state index in [1.165, 1.54) is 31.5 Å². The van der Waals surface area contributed by atoms with E-state index >= 15 is 0 Å². The van der Waals surface area contributed by atoms with Gasteiger partial charge in [-0.1, -0.05) is 237 Å². The van der Waals surface area contributed by atoms with Crippen molar-refractivity contribution in [2.24, 2.45) is 0 Å². The van der Waals surface area contributed by atoms with E-state index in [1.54, 1.807) is 0 Å². The lowest BCUT2D eigenvalue weighted by Crippen LogP contribution is -2.74. The first-order chi connectivity index (χ1) is 37.7. The average molecular weight is 988 g/mol. The van der Waals surface area contributed by atoms with Crippen LogP contribution in [-0.2, 0) is 0 Å². The van der Waals surface area contributed by atoms with E-state index in [-0.39, 0.29) is 0 Å². The quantitative estimate of drug-likeness (QED) is 0.107. The van der Waals surface area contributed by atoms with Crippen molar-refractivity contribution in [1.29, 1.82) is 0 Å². The third-order valence-corrected chi connectivity index (χ3v) is 20.1. The second-order valence-corrected chi connectivity index (χ2v) is 23.3. The number of fused-ring (bicyclic) bond motifs is 9. The molecule has 0 saturated carbocycles. The van der Waals surface area contributed by atoms with Crippen LogP contribution >= 0.6 is 0 Å². The molecule has 0 fully saturated rings. The normalized spacial score (nSPS) is 11.9. The highest BCUT2D eigenvalue weighted by molar-refractivity contribution is 7.19. The second-order valence-electron chi connectivity index (χ2n) is 19.5. The van der Waals surface area contributed by atoms with Crippen molar-refractivity contribution in [3.05, 3.63) is 273 Å². The van der Waals surface area contributed by atoms with Gasteiger partial charge in [0, 0.05) is 60.3 Å². The largest absolute Gasteiger partial charge is 0.455 e. The minimum absolute atomic E-state index is 0.515. The summed E-state index contributed by atoms with van der Waals surface area (Å²) in [5.74, 6) is 1.68. The van der Waals surface area contributed by atoms with E-state index < -0.39 is 8.07 Å². The summed E-state index contributed by atoms with van der Waals surface area (Å²) >= 11 is 0. The Labute approximate surface area is 439 Å². The van der Waals surface area contributed by atoms with E-state index in [0.29, 0.717) is 17.6 Å². The van der Waals surface area contributed by atoms with Crippen molar-refractivity contribution in [3.63, 3.8) is 0 Å². The molecule has 0 unspecified atom stereocenters. The van der Waals surface area contributed by atoms with Crippen LogP contribution in [-0.4, -0.2) is 32.2 Å². The Balaban J connectivity index is 1.02. The molecular formula is C69H45N5OSi. The molecule has 0 aliphatic carbocycles. The molecule has 15 rings (SSSR count). The summed E-state index contributed by atoms with van der Waals surface area (Å²) in [6.07, 6.45) is 0. The number of benzene rings is 11. The zero-order valence-electron chi connectivity index (χ0n) is 41.1. The lowest BCUT2D eigenvalue weighted by atomic mass is 9.99. The fourth-order valence-electron chi connectivity index (χ4n) is 12.0. The highest BCUT2D eigenvalue weighted by atomic mass is 28.3. The maximum Gasteiger partial charge on any atom is 0.238 e. The maximum atomic E-state index is 6.79. The zero-order valence-corrected chi connectivity index (χ0v) is 42.1. The average Bonchev–Trinajstić information content (AvgIpc) is 4.18. The van der Waals surface area contributed by atoms with Crippen LogP contribution in [0.15, 0.2) is 277 Å². The summed E-state index contributed by atoms with van der Waals surface area (Å²) < 4.78 is 11.4. The minimum Gasteiger partial charge on any atom is -0.455 e. The third kappa shape index (κ3) is 6.76. The number of furan rings is 1. The van der Waals surface area contributed by atoms with Gasteiger partial charge >= 0.3 is 0 Å². The van der Waals surface area contributed by atoms with Crippen LogP contribution < -0.4 is 20.7 Å². The molecule has 4 aromatic heterocycles. The molecule has 6 nitrogen and oxygen atoms in total. The number of nitrogens with zero attached hydrogens (tertiary/aromatic N) is 5. The van der Waals surface area contributed by atoms with Crippen molar-refractivity contribution >= 4 is 94.4 Å². The van der Waals surface area contributed by atoms with E-state index in [0.717, 1.165) is 82.7 Å². The molecule has 76 heavy (non-hydrogen) atoms. The Kier molecular flexibility index (Phi) is 10.1. The Morgan fingerprint density at radius 3 is 1.46 bits per heavy atom. The van der Waals surface area contributed by atoms with Gasteiger partial charge in [-0.15, -0.1) is 0 Å². The van der Waals surface area contributed by atoms with E-state index in [2.05, 4.69) is 252 Å². The number of hydrogen-bond acceptors (Lipinski definition) is 4. The predicted molar refractivity (Wildman–Crippen MR) is 316 cm³/mol. The Morgan fingerprint density at radius 2 is 0.803 bits per heavy atom. The van der Waals surface area contributed by atoms with Gasteiger partial charge in [-0.25, -0.2) is 4.98 Å². The number of hydrogen-bond donors (Lipinski definition) is 0. The molecule has 0 aliphatic heterocycles. The third-order valence-electron chi connectivity index (χ3n) is 15.3. The summed E-state index contributed by atoms with van der Waals surface area (Å²) in [6.45, 7) is 0. The highest BCUT2D eigenvalue weighted by Crippen LogP contribution is 2.43. The predicted octanol–water partition coefficient (Wildman–Crippen LogP) is 14.3. The van der Waals surface area contributed by atoms with Gasteiger partial charge in [-0.05, 0) is 57.1 Å². The summed E-state index contributed by atoms with van der Waals surface area (Å²) in [7, 11) is -2.91. The molecule has 11 aromatic carbocycles. The summed E-state index contributed by atoms with van der Waals surface area (Å²) in [5.41, 5.74) is 10.8.